The van der Waals surface area contributed by atoms with Crippen molar-refractivity contribution in [3.63, 3.8) is 0 Å². The van der Waals surface area contributed by atoms with Crippen molar-refractivity contribution in [2.24, 2.45) is 22.9 Å². The first-order valence-electron chi connectivity index (χ1n) is 14.8. The molecular formula is C28H58N4O4. The van der Waals surface area contributed by atoms with Gasteiger partial charge in [-0.2, -0.15) is 0 Å². The number of unbranched alkanes of at least 4 members (excludes halogenated alkanes) is 15. The molecule has 8 nitrogen and oxygen atoms in total. The highest BCUT2D eigenvalue weighted by molar-refractivity contribution is 5.70. The highest BCUT2D eigenvalue weighted by atomic mass is 16.6. The van der Waals surface area contributed by atoms with Gasteiger partial charge in [0.15, 0.2) is 12.5 Å². The van der Waals surface area contributed by atoms with E-state index in [0.29, 0.717) is 25.7 Å². The smallest absolute Gasteiger partial charge is 0.307 e. The van der Waals surface area contributed by atoms with Gasteiger partial charge >= 0.3 is 11.9 Å². The standard InChI is InChI=1S/C28H58N4O4/c29-23-17-11-7-3-1-5-9-13-19-25(31)35-27(33)21-15-16-22-28(34)36-26(32)20-14-10-6-2-4-8-12-18-24-30/h25-26H,1-24,29-32H2. The summed E-state index contributed by atoms with van der Waals surface area (Å²) in [5.74, 6) is -0.598. The molecule has 214 valence electrons. The van der Waals surface area contributed by atoms with E-state index in [1.165, 1.54) is 64.2 Å². The second kappa shape index (κ2) is 26.8. The fraction of sp³-hybridized carbons (Fsp3) is 0.929. The molecule has 0 rings (SSSR count). The van der Waals surface area contributed by atoms with Crippen LogP contribution in [-0.2, 0) is 19.1 Å². The molecule has 0 aliphatic carbocycles. The lowest BCUT2D eigenvalue weighted by molar-refractivity contribution is -0.151. The molecule has 0 aliphatic heterocycles. The summed E-state index contributed by atoms with van der Waals surface area (Å²) in [6.45, 7) is 1.57. The van der Waals surface area contributed by atoms with Crippen molar-refractivity contribution < 1.29 is 19.1 Å². The van der Waals surface area contributed by atoms with Gasteiger partial charge in [-0.05, 0) is 64.5 Å². The maximum absolute atomic E-state index is 11.9. The predicted octanol–water partition coefficient (Wildman–Crippen LogP) is 5.14. The molecule has 0 radical (unpaired) electrons. The topological polar surface area (TPSA) is 157 Å². The molecule has 36 heavy (non-hydrogen) atoms. The third kappa shape index (κ3) is 25.9. The van der Waals surface area contributed by atoms with E-state index in [2.05, 4.69) is 0 Å². The number of carbonyl (C=O) groups is 2. The van der Waals surface area contributed by atoms with Crippen LogP contribution in [0.2, 0.25) is 0 Å². The van der Waals surface area contributed by atoms with Crippen molar-refractivity contribution in [3.8, 4) is 0 Å². The quantitative estimate of drug-likeness (QED) is 0.0666. The maximum Gasteiger partial charge on any atom is 0.307 e. The van der Waals surface area contributed by atoms with Gasteiger partial charge < -0.3 is 20.9 Å². The Morgan fingerprint density at radius 3 is 1.03 bits per heavy atom. The van der Waals surface area contributed by atoms with Crippen LogP contribution in [0.1, 0.15) is 141 Å². The molecule has 0 aromatic heterocycles. The second-order valence-corrected chi connectivity index (χ2v) is 10.1. The van der Waals surface area contributed by atoms with Crippen LogP contribution in [0.15, 0.2) is 0 Å². The Labute approximate surface area is 221 Å². The van der Waals surface area contributed by atoms with Crippen LogP contribution >= 0.6 is 0 Å². The molecule has 2 unspecified atom stereocenters. The molecule has 0 amide bonds. The summed E-state index contributed by atoms with van der Waals surface area (Å²) in [7, 11) is 0. The molecule has 8 heteroatoms. The van der Waals surface area contributed by atoms with Gasteiger partial charge in [0.1, 0.15) is 0 Å². The first-order chi connectivity index (χ1) is 17.5. The zero-order valence-corrected chi connectivity index (χ0v) is 23.1. The Hall–Kier alpha value is -1.22. The first kappa shape index (κ1) is 34.8. The Morgan fingerprint density at radius 2 is 0.722 bits per heavy atom. The monoisotopic (exact) mass is 514 g/mol. The summed E-state index contributed by atoms with van der Waals surface area (Å²) in [5, 5.41) is 0. The van der Waals surface area contributed by atoms with Crippen LogP contribution in [0, 0.1) is 0 Å². The third-order valence-corrected chi connectivity index (χ3v) is 6.46. The number of hydrogen-bond acceptors (Lipinski definition) is 8. The van der Waals surface area contributed by atoms with Crippen LogP contribution in [-0.4, -0.2) is 37.5 Å². The molecule has 0 aromatic rings. The van der Waals surface area contributed by atoms with Crippen LogP contribution in [0.5, 0.6) is 0 Å². The van der Waals surface area contributed by atoms with Gasteiger partial charge in [-0.15, -0.1) is 0 Å². The van der Waals surface area contributed by atoms with Gasteiger partial charge in [0.05, 0.1) is 0 Å². The highest BCUT2D eigenvalue weighted by Crippen LogP contribution is 2.13. The molecule has 0 aliphatic rings. The third-order valence-electron chi connectivity index (χ3n) is 6.46. The Kier molecular flexibility index (Phi) is 25.9. The number of ether oxygens (including phenoxy) is 2. The molecule has 0 spiro atoms. The lowest BCUT2D eigenvalue weighted by atomic mass is 10.1. The molecule has 0 saturated heterocycles. The summed E-state index contributed by atoms with van der Waals surface area (Å²) >= 11 is 0. The SMILES string of the molecule is NCCCCCCCCCCC(N)OC(=O)CCCCC(=O)OC(N)CCCCCCCCCCN. The number of nitrogens with two attached hydrogens (primary N) is 4. The molecule has 0 fully saturated rings. The summed E-state index contributed by atoms with van der Waals surface area (Å²) in [5.41, 5.74) is 22.8. The van der Waals surface area contributed by atoms with Crippen molar-refractivity contribution >= 4 is 11.9 Å². The maximum atomic E-state index is 11.9. The summed E-state index contributed by atoms with van der Waals surface area (Å²) in [6, 6.07) is 0. The van der Waals surface area contributed by atoms with Gasteiger partial charge in [-0.25, -0.2) is 0 Å². The van der Waals surface area contributed by atoms with Gasteiger partial charge in [-0.3, -0.25) is 21.1 Å². The number of esters is 2. The fourth-order valence-corrected chi connectivity index (χ4v) is 4.21. The molecule has 8 N–H and O–H groups in total. The van der Waals surface area contributed by atoms with Crippen LogP contribution in [0.4, 0.5) is 0 Å². The fourth-order valence-electron chi connectivity index (χ4n) is 4.21. The van der Waals surface area contributed by atoms with E-state index in [-0.39, 0.29) is 24.8 Å². The minimum absolute atomic E-state index is 0.266. The largest absolute Gasteiger partial charge is 0.447 e. The van der Waals surface area contributed by atoms with E-state index in [1.807, 2.05) is 0 Å². The van der Waals surface area contributed by atoms with E-state index in [9.17, 15) is 9.59 Å². The lowest BCUT2D eigenvalue weighted by Crippen LogP contribution is -2.27. The van der Waals surface area contributed by atoms with Gasteiger partial charge in [-0.1, -0.05) is 77.0 Å². The van der Waals surface area contributed by atoms with Crippen molar-refractivity contribution in [1.82, 2.24) is 0 Å². The molecule has 0 saturated carbocycles. The first-order valence-corrected chi connectivity index (χ1v) is 14.8. The van der Waals surface area contributed by atoms with E-state index >= 15 is 0 Å². The van der Waals surface area contributed by atoms with E-state index in [1.54, 1.807) is 0 Å². The Balaban J connectivity index is 3.54. The lowest BCUT2D eigenvalue weighted by Gasteiger charge is -2.14. The molecule has 0 aromatic carbocycles. The number of carbonyl (C=O) groups excluding carboxylic acids is 2. The number of hydrogen-bond donors (Lipinski definition) is 4. The Morgan fingerprint density at radius 1 is 0.444 bits per heavy atom. The van der Waals surface area contributed by atoms with Gasteiger partial charge in [0.25, 0.3) is 0 Å². The Bertz CT molecular complexity index is 464. The predicted molar refractivity (Wildman–Crippen MR) is 148 cm³/mol. The van der Waals surface area contributed by atoms with E-state index in [0.717, 1.165) is 51.6 Å². The number of rotatable bonds is 27. The molecule has 0 bridgehead atoms. The second-order valence-electron chi connectivity index (χ2n) is 10.1. The summed E-state index contributed by atoms with van der Waals surface area (Å²) < 4.78 is 10.6. The normalized spacial score (nSPS) is 12.9. The molecule has 2 atom stereocenters. The zero-order chi connectivity index (χ0) is 26.7. The van der Waals surface area contributed by atoms with Crippen molar-refractivity contribution in [3.05, 3.63) is 0 Å². The summed E-state index contributed by atoms with van der Waals surface area (Å²) in [6.07, 6.45) is 20.8. The van der Waals surface area contributed by atoms with E-state index < -0.39 is 12.5 Å². The van der Waals surface area contributed by atoms with Gasteiger partial charge in [0, 0.05) is 12.8 Å². The van der Waals surface area contributed by atoms with Crippen LogP contribution in [0.3, 0.4) is 0 Å². The minimum Gasteiger partial charge on any atom is -0.447 e. The van der Waals surface area contributed by atoms with Gasteiger partial charge in [0.2, 0.25) is 0 Å². The minimum atomic E-state index is -0.541. The van der Waals surface area contributed by atoms with Crippen molar-refractivity contribution in [2.45, 2.75) is 154 Å². The summed E-state index contributed by atoms with van der Waals surface area (Å²) in [4.78, 5) is 23.9. The van der Waals surface area contributed by atoms with Crippen molar-refractivity contribution in [2.75, 3.05) is 13.1 Å². The average Bonchev–Trinajstić information content (AvgIpc) is 2.84. The van der Waals surface area contributed by atoms with Crippen LogP contribution in [0.25, 0.3) is 0 Å². The molecule has 0 heterocycles. The van der Waals surface area contributed by atoms with E-state index in [4.69, 9.17) is 32.4 Å². The highest BCUT2D eigenvalue weighted by Gasteiger charge is 2.12. The zero-order valence-electron chi connectivity index (χ0n) is 23.1. The van der Waals surface area contributed by atoms with Crippen LogP contribution < -0.4 is 22.9 Å². The molecular weight excluding hydrogens is 456 g/mol. The average molecular weight is 515 g/mol. The van der Waals surface area contributed by atoms with Crippen molar-refractivity contribution in [1.29, 1.82) is 0 Å².